The number of rotatable bonds is 3. The van der Waals surface area contributed by atoms with Crippen LogP contribution < -0.4 is 10.0 Å². The number of anilines is 1. The van der Waals surface area contributed by atoms with Gasteiger partial charge in [0.25, 0.3) is 5.91 Å². The molecular weight excluding hydrogens is 230 g/mol. The minimum absolute atomic E-state index is 0.278. The van der Waals surface area contributed by atoms with Gasteiger partial charge in [0, 0.05) is 11.3 Å². The molecule has 0 aliphatic carbocycles. The summed E-state index contributed by atoms with van der Waals surface area (Å²) in [5, 5.41) is 10.2. The van der Waals surface area contributed by atoms with Crippen molar-refractivity contribution in [3.63, 3.8) is 0 Å². The first-order chi connectivity index (χ1) is 7.42. The van der Waals surface area contributed by atoms with Crippen LogP contribution in [0.3, 0.4) is 0 Å². The van der Waals surface area contributed by atoms with Crippen molar-refractivity contribution in [2.45, 2.75) is 0 Å². The first-order valence-corrected chi connectivity index (χ1v) is 6.09. The number of sulfonamides is 1. The van der Waals surface area contributed by atoms with Gasteiger partial charge in [-0.25, -0.2) is 8.42 Å². The highest BCUT2D eigenvalue weighted by molar-refractivity contribution is 7.92. The molecule has 6 nitrogen and oxygen atoms in total. The van der Waals surface area contributed by atoms with Crippen LogP contribution >= 0.6 is 0 Å². The van der Waals surface area contributed by atoms with Gasteiger partial charge in [-0.3, -0.25) is 14.8 Å². The fourth-order valence-electron chi connectivity index (χ4n) is 1.03. The van der Waals surface area contributed by atoms with Crippen LogP contribution in [0.25, 0.3) is 0 Å². The molecule has 16 heavy (non-hydrogen) atoms. The summed E-state index contributed by atoms with van der Waals surface area (Å²) in [4.78, 5) is 11.2. The third kappa shape index (κ3) is 3.59. The van der Waals surface area contributed by atoms with Crippen molar-refractivity contribution in [1.29, 1.82) is 5.26 Å². The van der Waals surface area contributed by atoms with Crippen molar-refractivity contribution < 1.29 is 13.2 Å². The van der Waals surface area contributed by atoms with Gasteiger partial charge in [-0.05, 0) is 24.3 Å². The Labute approximate surface area is 92.9 Å². The van der Waals surface area contributed by atoms with Crippen molar-refractivity contribution in [2.24, 2.45) is 0 Å². The molecule has 0 saturated heterocycles. The van der Waals surface area contributed by atoms with E-state index < -0.39 is 15.9 Å². The number of nitrogens with one attached hydrogen (secondary N) is 2. The predicted octanol–water partition coefficient (Wildman–Crippen LogP) is 0.269. The number of carbonyl (C=O) groups is 1. The first kappa shape index (κ1) is 12.0. The lowest BCUT2D eigenvalue weighted by molar-refractivity contribution is 0.0973. The zero-order chi connectivity index (χ0) is 12.2. The molecule has 7 heteroatoms. The van der Waals surface area contributed by atoms with E-state index in [2.05, 4.69) is 4.72 Å². The molecule has 1 rings (SSSR count). The Bertz CT molecular complexity index is 528. The largest absolute Gasteiger partial charge is 0.284 e. The molecule has 2 N–H and O–H groups in total. The first-order valence-electron chi connectivity index (χ1n) is 4.19. The van der Waals surface area contributed by atoms with Gasteiger partial charge in [0.15, 0.2) is 6.19 Å². The van der Waals surface area contributed by atoms with Gasteiger partial charge in [-0.15, -0.1) is 0 Å². The van der Waals surface area contributed by atoms with Crippen molar-refractivity contribution in [2.75, 3.05) is 11.0 Å². The Kier molecular flexibility index (Phi) is 3.48. The van der Waals surface area contributed by atoms with E-state index in [1.165, 1.54) is 30.5 Å². The Hall–Kier alpha value is -2.07. The number of nitriles is 1. The maximum atomic E-state index is 11.2. The molecule has 1 aromatic carbocycles. The fourth-order valence-corrected chi connectivity index (χ4v) is 1.59. The molecule has 0 heterocycles. The highest BCUT2D eigenvalue weighted by atomic mass is 32.2. The van der Waals surface area contributed by atoms with Crippen molar-refractivity contribution in [3.05, 3.63) is 29.8 Å². The average molecular weight is 239 g/mol. The maximum absolute atomic E-state index is 11.2. The second-order valence-corrected chi connectivity index (χ2v) is 4.77. The third-order valence-corrected chi connectivity index (χ3v) is 2.23. The SMILES string of the molecule is CS(=O)(=O)Nc1ccc(C(=O)NC#N)cc1. The number of hydrogen-bond donors (Lipinski definition) is 2. The second-order valence-electron chi connectivity index (χ2n) is 3.02. The molecule has 0 unspecified atom stereocenters. The van der Waals surface area contributed by atoms with E-state index in [0.717, 1.165) is 6.26 Å². The van der Waals surface area contributed by atoms with Gasteiger partial charge in [-0.1, -0.05) is 0 Å². The fraction of sp³-hybridized carbons (Fsp3) is 0.111. The van der Waals surface area contributed by atoms with Crippen LogP contribution in [0.1, 0.15) is 10.4 Å². The summed E-state index contributed by atoms with van der Waals surface area (Å²) in [6.07, 6.45) is 2.54. The highest BCUT2D eigenvalue weighted by Crippen LogP contribution is 2.10. The zero-order valence-corrected chi connectivity index (χ0v) is 9.21. The van der Waals surface area contributed by atoms with Crippen LogP contribution in [-0.2, 0) is 10.0 Å². The van der Waals surface area contributed by atoms with Gasteiger partial charge < -0.3 is 0 Å². The quantitative estimate of drug-likeness (QED) is 0.584. The van der Waals surface area contributed by atoms with Gasteiger partial charge in [0.1, 0.15) is 0 Å². The Morgan fingerprint density at radius 1 is 1.31 bits per heavy atom. The summed E-state index contributed by atoms with van der Waals surface area (Å²) >= 11 is 0. The minimum atomic E-state index is -3.32. The van der Waals surface area contributed by atoms with Crippen LogP contribution in [0.15, 0.2) is 24.3 Å². The molecule has 0 fully saturated rings. The van der Waals surface area contributed by atoms with E-state index >= 15 is 0 Å². The van der Waals surface area contributed by atoms with Gasteiger partial charge in [0.2, 0.25) is 10.0 Å². The molecule has 0 aromatic heterocycles. The minimum Gasteiger partial charge on any atom is -0.284 e. The molecule has 0 aliphatic heterocycles. The summed E-state index contributed by atoms with van der Waals surface area (Å²) in [6, 6.07) is 5.71. The monoisotopic (exact) mass is 239 g/mol. The van der Waals surface area contributed by atoms with Crippen LogP contribution in [0, 0.1) is 11.5 Å². The molecule has 0 radical (unpaired) electrons. The van der Waals surface area contributed by atoms with Crippen molar-refractivity contribution in [1.82, 2.24) is 5.32 Å². The standard InChI is InChI=1S/C9H9N3O3S/c1-16(14,15)12-8-4-2-7(3-5-8)9(13)11-6-10/h2-5,12H,1H3,(H,11,13). The molecule has 0 spiro atoms. The van der Waals surface area contributed by atoms with E-state index in [-0.39, 0.29) is 5.56 Å². The number of amides is 1. The summed E-state index contributed by atoms with van der Waals surface area (Å²) in [6.45, 7) is 0. The summed E-state index contributed by atoms with van der Waals surface area (Å²) in [7, 11) is -3.32. The number of nitrogens with zero attached hydrogens (tertiary/aromatic N) is 1. The number of carbonyl (C=O) groups excluding carboxylic acids is 1. The van der Waals surface area contributed by atoms with Crippen LogP contribution in [0.5, 0.6) is 0 Å². The highest BCUT2D eigenvalue weighted by Gasteiger charge is 2.05. The van der Waals surface area contributed by atoms with E-state index in [1.807, 2.05) is 5.32 Å². The molecule has 0 bridgehead atoms. The molecule has 1 amide bonds. The summed E-state index contributed by atoms with van der Waals surface area (Å²) < 4.78 is 24.0. The predicted molar refractivity (Wildman–Crippen MR) is 58.0 cm³/mol. The van der Waals surface area contributed by atoms with Crippen LogP contribution in [-0.4, -0.2) is 20.6 Å². The van der Waals surface area contributed by atoms with E-state index in [1.54, 1.807) is 0 Å². The van der Waals surface area contributed by atoms with Gasteiger partial charge >= 0.3 is 0 Å². The van der Waals surface area contributed by atoms with Crippen molar-refractivity contribution in [3.8, 4) is 6.19 Å². The lowest BCUT2D eigenvalue weighted by Gasteiger charge is -2.04. The van der Waals surface area contributed by atoms with E-state index in [0.29, 0.717) is 5.69 Å². The molecule has 84 valence electrons. The van der Waals surface area contributed by atoms with Crippen LogP contribution in [0.4, 0.5) is 5.69 Å². The average Bonchev–Trinajstić information content (AvgIpc) is 2.16. The Morgan fingerprint density at radius 2 is 1.88 bits per heavy atom. The number of benzene rings is 1. The molecular formula is C9H9N3O3S. The molecule has 0 atom stereocenters. The Morgan fingerprint density at radius 3 is 2.31 bits per heavy atom. The normalized spacial score (nSPS) is 10.2. The number of hydrogen-bond acceptors (Lipinski definition) is 4. The molecule has 0 saturated carbocycles. The van der Waals surface area contributed by atoms with E-state index in [4.69, 9.17) is 5.26 Å². The maximum Gasteiger partial charge on any atom is 0.264 e. The summed E-state index contributed by atoms with van der Waals surface area (Å²) in [5.74, 6) is -0.534. The Balaban J connectivity index is 2.84. The van der Waals surface area contributed by atoms with Gasteiger partial charge in [0.05, 0.1) is 6.26 Å². The second kappa shape index (κ2) is 4.63. The topological polar surface area (TPSA) is 99.1 Å². The lowest BCUT2D eigenvalue weighted by Crippen LogP contribution is -2.17. The molecule has 0 aliphatic rings. The van der Waals surface area contributed by atoms with Crippen LogP contribution in [0.2, 0.25) is 0 Å². The lowest BCUT2D eigenvalue weighted by atomic mass is 10.2. The van der Waals surface area contributed by atoms with Gasteiger partial charge in [-0.2, -0.15) is 5.26 Å². The van der Waals surface area contributed by atoms with E-state index in [9.17, 15) is 13.2 Å². The smallest absolute Gasteiger partial charge is 0.264 e. The summed E-state index contributed by atoms with van der Waals surface area (Å²) in [5.41, 5.74) is 0.636. The molecule has 1 aromatic rings. The van der Waals surface area contributed by atoms with Crippen molar-refractivity contribution >= 4 is 21.6 Å². The zero-order valence-electron chi connectivity index (χ0n) is 8.39. The third-order valence-electron chi connectivity index (χ3n) is 1.62.